The summed E-state index contributed by atoms with van der Waals surface area (Å²) < 4.78 is 26.8. The fourth-order valence-electron chi connectivity index (χ4n) is 1.75. The van der Waals surface area contributed by atoms with E-state index in [4.69, 9.17) is 5.84 Å². The van der Waals surface area contributed by atoms with Crippen LogP contribution >= 0.6 is 11.3 Å². The van der Waals surface area contributed by atoms with Crippen LogP contribution in [0.3, 0.4) is 0 Å². The monoisotopic (exact) mass is 269 g/mol. The highest BCUT2D eigenvalue weighted by Gasteiger charge is 2.17. The second kappa shape index (κ2) is 5.51. The van der Waals surface area contributed by atoms with Crippen molar-refractivity contribution in [2.75, 3.05) is 0 Å². The van der Waals surface area contributed by atoms with Gasteiger partial charge in [0.05, 0.1) is 16.7 Å². The lowest BCUT2D eigenvalue weighted by Crippen LogP contribution is -2.30. The highest BCUT2D eigenvalue weighted by Crippen LogP contribution is 2.22. The van der Waals surface area contributed by atoms with E-state index < -0.39 is 17.7 Å². The average molecular weight is 269 g/mol. The molecule has 1 aromatic carbocycles. The first-order valence-electron chi connectivity index (χ1n) is 5.42. The van der Waals surface area contributed by atoms with Crippen molar-refractivity contribution in [1.29, 1.82) is 0 Å². The van der Waals surface area contributed by atoms with Gasteiger partial charge in [0.1, 0.15) is 11.6 Å². The van der Waals surface area contributed by atoms with E-state index in [1.165, 1.54) is 11.3 Å². The Balaban J connectivity index is 2.25. The van der Waals surface area contributed by atoms with Gasteiger partial charge in [0, 0.05) is 17.4 Å². The number of halogens is 2. The molecule has 2 rings (SSSR count). The summed E-state index contributed by atoms with van der Waals surface area (Å²) in [6, 6.07) is 2.84. The highest BCUT2D eigenvalue weighted by molar-refractivity contribution is 7.09. The average Bonchev–Trinajstić information content (AvgIpc) is 2.75. The number of hydrogen-bond acceptors (Lipinski definition) is 4. The van der Waals surface area contributed by atoms with Gasteiger partial charge in [-0.15, -0.1) is 11.3 Å². The predicted molar refractivity (Wildman–Crippen MR) is 67.0 cm³/mol. The third-order valence-electron chi connectivity index (χ3n) is 2.61. The second-order valence-corrected chi connectivity index (χ2v) is 5.01. The second-order valence-electron chi connectivity index (χ2n) is 3.95. The van der Waals surface area contributed by atoms with Gasteiger partial charge in [-0.3, -0.25) is 11.3 Å². The molecule has 0 aliphatic carbocycles. The van der Waals surface area contributed by atoms with E-state index in [0.29, 0.717) is 6.42 Å². The van der Waals surface area contributed by atoms with Crippen LogP contribution in [-0.4, -0.2) is 4.98 Å². The van der Waals surface area contributed by atoms with Crippen molar-refractivity contribution in [3.63, 3.8) is 0 Å². The van der Waals surface area contributed by atoms with Crippen LogP contribution in [0.1, 0.15) is 22.3 Å². The molecular formula is C12H13F2N3S. The van der Waals surface area contributed by atoms with Crippen LogP contribution in [0.4, 0.5) is 8.78 Å². The van der Waals surface area contributed by atoms with Crippen molar-refractivity contribution in [1.82, 2.24) is 10.4 Å². The van der Waals surface area contributed by atoms with Crippen LogP contribution in [0, 0.1) is 18.6 Å². The maximum atomic E-state index is 13.6. The SMILES string of the molecule is Cc1nc(CC(NN)c2cc(F)ccc2F)cs1. The molecule has 0 saturated carbocycles. The van der Waals surface area contributed by atoms with Crippen molar-refractivity contribution in [2.24, 2.45) is 5.84 Å². The summed E-state index contributed by atoms with van der Waals surface area (Å²) in [5.41, 5.74) is 3.52. The Bertz CT molecular complexity index is 542. The van der Waals surface area contributed by atoms with E-state index in [9.17, 15) is 8.78 Å². The maximum Gasteiger partial charge on any atom is 0.128 e. The third kappa shape index (κ3) is 2.90. The quantitative estimate of drug-likeness (QED) is 0.662. The molecular weight excluding hydrogens is 256 g/mol. The zero-order chi connectivity index (χ0) is 13.1. The molecule has 0 amide bonds. The van der Waals surface area contributed by atoms with E-state index in [1.807, 2.05) is 12.3 Å². The van der Waals surface area contributed by atoms with Gasteiger partial charge in [0.2, 0.25) is 0 Å². The largest absolute Gasteiger partial charge is 0.271 e. The molecule has 18 heavy (non-hydrogen) atoms. The van der Waals surface area contributed by atoms with Crippen LogP contribution in [0.5, 0.6) is 0 Å². The lowest BCUT2D eigenvalue weighted by Gasteiger charge is -2.16. The normalized spacial score (nSPS) is 12.7. The minimum Gasteiger partial charge on any atom is -0.271 e. The summed E-state index contributed by atoms with van der Waals surface area (Å²) in [6.07, 6.45) is 0.418. The fraction of sp³-hybridized carbons (Fsp3) is 0.250. The maximum absolute atomic E-state index is 13.6. The summed E-state index contributed by atoms with van der Waals surface area (Å²) in [4.78, 5) is 4.28. The Morgan fingerprint density at radius 1 is 1.44 bits per heavy atom. The molecule has 1 unspecified atom stereocenters. The molecule has 0 aliphatic heterocycles. The molecule has 1 heterocycles. The molecule has 0 bridgehead atoms. The predicted octanol–water partition coefficient (Wildman–Crippen LogP) is 2.48. The molecule has 2 aromatic rings. The van der Waals surface area contributed by atoms with Crippen molar-refractivity contribution >= 4 is 11.3 Å². The first-order chi connectivity index (χ1) is 8.60. The van der Waals surface area contributed by atoms with Crippen LogP contribution in [0.25, 0.3) is 0 Å². The van der Waals surface area contributed by atoms with Crippen molar-refractivity contribution in [2.45, 2.75) is 19.4 Å². The summed E-state index contributed by atoms with van der Waals surface area (Å²) in [6.45, 7) is 1.89. The number of aromatic nitrogens is 1. The fourth-order valence-corrected chi connectivity index (χ4v) is 2.38. The van der Waals surface area contributed by atoms with Crippen LogP contribution in [0.2, 0.25) is 0 Å². The number of aryl methyl sites for hydroxylation is 1. The zero-order valence-corrected chi connectivity index (χ0v) is 10.6. The molecule has 1 aromatic heterocycles. The van der Waals surface area contributed by atoms with Crippen LogP contribution < -0.4 is 11.3 Å². The number of hydrogen-bond donors (Lipinski definition) is 2. The van der Waals surface area contributed by atoms with Crippen LogP contribution in [-0.2, 0) is 6.42 Å². The standard InChI is InChI=1S/C12H13F2N3S/c1-7-16-9(6-18-7)5-12(17-15)10-4-8(13)2-3-11(10)14/h2-4,6,12,17H,5,15H2,1H3. The minimum atomic E-state index is -0.498. The van der Waals surface area contributed by atoms with Gasteiger partial charge >= 0.3 is 0 Å². The Morgan fingerprint density at radius 3 is 2.83 bits per heavy atom. The minimum absolute atomic E-state index is 0.211. The number of thiazole rings is 1. The van der Waals surface area contributed by atoms with E-state index in [0.717, 1.165) is 28.9 Å². The Hall–Kier alpha value is -1.37. The first-order valence-corrected chi connectivity index (χ1v) is 6.30. The molecule has 0 fully saturated rings. The topological polar surface area (TPSA) is 50.9 Å². The molecule has 3 N–H and O–H groups in total. The van der Waals surface area contributed by atoms with Gasteiger partial charge in [0.25, 0.3) is 0 Å². The van der Waals surface area contributed by atoms with E-state index >= 15 is 0 Å². The summed E-state index contributed by atoms with van der Waals surface area (Å²) >= 11 is 1.51. The number of rotatable bonds is 4. The van der Waals surface area contributed by atoms with E-state index in [1.54, 1.807) is 0 Å². The number of hydrazine groups is 1. The van der Waals surface area contributed by atoms with Gasteiger partial charge in [0.15, 0.2) is 0 Å². The highest BCUT2D eigenvalue weighted by atomic mass is 32.1. The first kappa shape index (κ1) is 13.1. The molecule has 6 heteroatoms. The van der Waals surface area contributed by atoms with E-state index in [-0.39, 0.29) is 5.56 Å². The molecule has 0 saturated heterocycles. The van der Waals surface area contributed by atoms with Gasteiger partial charge in [-0.2, -0.15) is 0 Å². The molecule has 0 aliphatic rings. The van der Waals surface area contributed by atoms with Gasteiger partial charge in [-0.1, -0.05) is 0 Å². The Kier molecular flexibility index (Phi) is 4.00. The molecule has 0 radical (unpaired) electrons. The lowest BCUT2D eigenvalue weighted by atomic mass is 10.0. The van der Waals surface area contributed by atoms with Crippen LogP contribution in [0.15, 0.2) is 23.6 Å². The van der Waals surface area contributed by atoms with Gasteiger partial charge in [-0.05, 0) is 25.1 Å². The van der Waals surface area contributed by atoms with E-state index in [2.05, 4.69) is 10.4 Å². The molecule has 0 spiro atoms. The van der Waals surface area contributed by atoms with Crippen molar-refractivity contribution in [3.05, 3.63) is 51.5 Å². The number of nitrogens with zero attached hydrogens (tertiary/aromatic N) is 1. The smallest absolute Gasteiger partial charge is 0.128 e. The summed E-state index contributed by atoms with van der Waals surface area (Å²) in [5.74, 6) is 4.45. The Labute approximate surface area is 108 Å². The van der Waals surface area contributed by atoms with Gasteiger partial charge < -0.3 is 0 Å². The molecule has 3 nitrogen and oxygen atoms in total. The number of nitrogens with one attached hydrogen (secondary N) is 1. The third-order valence-corrected chi connectivity index (χ3v) is 3.44. The lowest BCUT2D eigenvalue weighted by molar-refractivity contribution is 0.499. The van der Waals surface area contributed by atoms with Gasteiger partial charge in [-0.25, -0.2) is 13.8 Å². The van der Waals surface area contributed by atoms with Crippen molar-refractivity contribution in [3.8, 4) is 0 Å². The molecule has 1 atom stereocenters. The van der Waals surface area contributed by atoms with Crippen molar-refractivity contribution < 1.29 is 8.78 Å². The number of benzene rings is 1. The zero-order valence-electron chi connectivity index (χ0n) is 9.78. The summed E-state index contributed by atoms with van der Waals surface area (Å²) in [5, 5.41) is 2.82. The Morgan fingerprint density at radius 2 is 2.22 bits per heavy atom. The number of nitrogens with two attached hydrogens (primary N) is 1. The molecule has 96 valence electrons. The summed E-state index contributed by atoms with van der Waals surface area (Å²) in [7, 11) is 0.